The first-order valence-electron chi connectivity index (χ1n) is 8.00. The molecule has 0 bridgehead atoms. The number of rotatable bonds is 8. The van der Waals surface area contributed by atoms with Crippen molar-refractivity contribution >= 4 is 0 Å². The molecule has 1 aliphatic heterocycles. The van der Waals surface area contributed by atoms with Gasteiger partial charge in [0.05, 0.1) is 0 Å². The van der Waals surface area contributed by atoms with Gasteiger partial charge >= 0.3 is 0 Å². The van der Waals surface area contributed by atoms with Crippen molar-refractivity contribution in [3.05, 3.63) is 0 Å². The number of nitrogens with one attached hydrogen (secondary N) is 1. The average molecular weight is 254 g/mol. The quantitative estimate of drug-likeness (QED) is 0.713. The number of nitrogens with zero attached hydrogens (tertiary/aromatic N) is 1. The molecule has 2 heteroatoms. The number of unbranched alkanes of at least 4 members (excludes halogenated alkanes) is 1. The van der Waals surface area contributed by atoms with Crippen molar-refractivity contribution in [1.29, 1.82) is 0 Å². The number of hydrogen-bond donors (Lipinski definition) is 1. The standard InChI is InChI=1S/C16H34N2/c1-6-8-11-18(15(5)7-2)13-16(14(3)4)9-10-17-12-16/h14-15,17H,6-13H2,1-5H3. The van der Waals surface area contributed by atoms with Gasteiger partial charge in [-0.3, -0.25) is 0 Å². The van der Waals surface area contributed by atoms with E-state index in [1.807, 2.05) is 0 Å². The monoisotopic (exact) mass is 254 g/mol. The van der Waals surface area contributed by atoms with Crippen LogP contribution < -0.4 is 5.32 Å². The van der Waals surface area contributed by atoms with E-state index >= 15 is 0 Å². The van der Waals surface area contributed by atoms with E-state index in [9.17, 15) is 0 Å². The summed E-state index contributed by atoms with van der Waals surface area (Å²) in [5.74, 6) is 0.778. The van der Waals surface area contributed by atoms with Crippen LogP contribution in [0.3, 0.4) is 0 Å². The Balaban J connectivity index is 2.67. The second kappa shape index (κ2) is 7.49. The highest BCUT2D eigenvalue weighted by Crippen LogP contribution is 2.35. The Bertz CT molecular complexity index is 219. The van der Waals surface area contributed by atoms with Crippen molar-refractivity contribution in [3.63, 3.8) is 0 Å². The highest BCUT2D eigenvalue weighted by molar-refractivity contribution is 4.93. The average Bonchev–Trinajstić information content (AvgIpc) is 2.83. The van der Waals surface area contributed by atoms with E-state index in [1.54, 1.807) is 0 Å². The second-order valence-electron chi connectivity index (χ2n) is 6.53. The smallest absolute Gasteiger partial charge is 0.00645 e. The van der Waals surface area contributed by atoms with Gasteiger partial charge in [-0.05, 0) is 50.6 Å². The zero-order chi connectivity index (χ0) is 13.6. The van der Waals surface area contributed by atoms with Crippen LogP contribution in [0.15, 0.2) is 0 Å². The summed E-state index contributed by atoms with van der Waals surface area (Å²) in [5, 5.41) is 3.59. The van der Waals surface area contributed by atoms with E-state index in [1.165, 1.54) is 51.9 Å². The summed E-state index contributed by atoms with van der Waals surface area (Å²) in [7, 11) is 0. The van der Waals surface area contributed by atoms with Gasteiger partial charge in [0.15, 0.2) is 0 Å². The summed E-state index contributed by atoms with van der Waals surface area (Å²) in [6, 6.07) is 0.729. The molecule has 18 heavy (non-hydrogen) atoms. The molecule has 0 aromatic heterocycles. The van der Waals surface area contributed by atoms with E-state index in [0.717, 1.165) is 12.0 Å². The van der Waals surface area contributed by atoms with Crippen molar-refractivity contribution < 1.29 is 0 Å². The third-order valence-corrected chi connectivity index (χ3v) is 5.03. The summed E-state index contributed by atoms with van der Waals surface area (Å²) < 4.78 is 0. The summed E-state index contributed by atoms with van der Waals surface area (Å²) in [6.45, 7) is 16.8. The minimum atomic E-state index is 0.511. The van der Waals surface area contributed by atoms with Crippen LogP contribution in [0.4, 0.5) is 0 Å². The van der Waals surface area contributed by atoms with Gasteiger partial charge in [0.2, 0.25) is 0 Å². The predicted molar refractivity (Wildman–Crippen MR) is 81.0 cm³/mol. The Hall–Kier alpha value is -0.0800. The fourth-order valence-corrected chi connectivity index (χ4v) is 3.05. The normalized spacial score (nSPS) is 26.2. The molecule has 1 rings (SSSR count). The third kappa shape index (κ3) is 3.96. The minimum Gasteiger partial charge on any atom is -0.316 e. The van der Waals surface area contributed by atoms with Crippen LogP contribution in [0.25, 0.3) is 0 Å². The predicted octanol–water partition coefficient (Wildman–Crippen LogP) is 3.52. The Labute approximate surface area is 115 Å². The molecule has 0 aromatic carbocycles. The highest BCUT2D eigenvalue weighted by atomic mass is 15.2. The molecule has 2 unspecified atom stereocenters. The van der Waals surface area contributed by atoms with Crippen molar-refractivity contribution in [1.82, 2.24) is 10.2 Å². The first-order valence-corrected chi connectivity index (χ1v) is 8.00. The topological polar surface area (TPSA) is 15.3 Å². The van der Waals surface area contributed by atoms with E-state index < -0.39 is 0 Å². The molecule has 0 radical (unpaired) electrons. The maximum atomic E-state index is 3.59. The van der Waals surface area contributed by atoms with Crippen molar-refractivity contribution in [2.75, 3.05) is 26.2 Å². The van der Waals surface area contributed by atoms with E-state index in [0.29, 0.717) is 5.41 Å². The molecule has 0 aromatic rings. The summed E-state index contributed by atoms with van der Waals surface area (Å²) >= 11 is 0. The highest BCUT2D eigenvalue weighted by Gasteiger charge is 2.38. The van der Waals surface area contributed by atoms with Gasteiger partial charge in [-0.15, -0.1) is 0 Å². The first-order chi connectivity index (χ1) is 8.55. The molecule has 1 saturated heterocycles. The SMILES string of the molecule is CCCCN(CC1(C(C)C)CCNC1)C(C)CC. The fraction of sp³-hybridized carbons (Fsp3) is 1.00. The van der Waals surface area contributed by atoms with Crippen LogP contribution in [0.1, 0.15) is 60.3 Å². The molecular formula is C16H34N2. The Morgan fingerprint density at radius 2 is 1.94 bits per heavy atom. The van der Waals surface area contributed by atoms with Gasteiger partial charge in [0.1, 0.15) is 0 Å². The fourth-order valence-electron chi connectivity index (χ4n) is 3.05. The molecule has 0 aliphatic carbocycles. The molecule has 1 N–H and O–H groups in total. The van der Waals surface area contributed by atoms with Gasteiger partial charge in [-0.1, -0.05) is 34.1 Å². The lowest BCUT2D eigenvalue weighted by Gasteiger charge is -2.40. The Morgan fingerprint density at radius 3 is 2.39 bits per heavy atom. The molecule has 0 amide bonds. The summed E-state index contributed by atoms with van der Waals surface area (Å²) in [5.41, 5.74) is 0.511. The van der Waals surface area contributed by atoms with Crippen LogP contribution >= 0.6 is 0 Å². The molecule has 108 valence electrons. The lowest BCUT2D eigenvalue weighted by atomic mass is 9.75. The van der Waals surface area contributed by atoms with Gasteiger partial charge < -0.3 is 10.2 Å². The summed E-state index contributed by atoms with van der Waals surface area (Å²) in [6.07, 6.45) is 5.26. The Kier molecular flexibility index (Phi) is 6.65. The largest absolute Gasteiger partial charge is 0.316 e. The van der Waals surface area contributed by atoms with Crippen molar-refractivity contribution in [3.8, 4) is 0 Å². The zero-order valence-corrected chi connectivity index (χ0v) is 13.3. The molecule has 1 heterocycles. The van der Waals surface area contributed by atoms with E-state index in [2.05, 4.69) is 44.8 Å². The van der Waals surface area contributed by atoms with E-state index in [4.69, 9.17) is 0 Å². The molecule has 0 spiro atoms. The van der Waals surface area contributed by atoms with Crippen molar-refractivity contribution in [2.45, 2.75) is 66.3 Å². The van der Waals surface area contributed by atoms with Crippen LogP contribution in [-0.2, 0) is 0 Å². The van der Waals surface area contributed by atoms with Gasteiger partial charge in [0, 0.05) is 19.1 Å². The molecule has 1 fully saturated rings. The van der Waals surface area contributed by atoms with E-state index in [-0.39, 0.29) is 0 Å². The van der Waals surface area contributed by atoms with Crippen LogP contribution in [0.2, 0.25) is 0 Å². The lowest BCUT2D eigenvalue weighted by Crippen LogP contribution is -2.46. The van der Waals surface area contributed by atoms with Crippen LogP contribution in [0, 0.1) is 11.3 Å². The molecule has 2 atom stereocenters. The minimum absolute atomic E-state index is 0.511. The molecule has 1 aliphatic rings. The van der Waals surface area contributed by atoms with Gasteiger partial charge in [-0.2, -0.15) is 0 Å². The summed E-state index contributed by atoms with van der Waals surface area (Å²) in [4.78, 5) is 2.75. The zero-order valence-electron chi connectivity index (χ0n) is 13.3. The third-order valence-electron chi connectivity index (χ3n) is 5.03. The second-order valence-corrected chi connectivity index (χ2v) is 6.53. The molecular weight excluding hydrogens is 220 g/mol. The first kappa shape index (κ1) is 16.0. The van der Waals surface area contributed by atoms with Crippen LogP contribution in [-0.4, -0.2) is 37.1 Å². The maximum Gasteiger partial charge on any atom is 0.00645 e. The number of hydrogen-bond acceptors (Lipinski definition) is 2. The van der Waals surface area contributed by atoms with Gasteiger partial charge in [-0.25, -0.2) is 0 Å². The molecule has 2 nitrogen and oxygen atoms in total. The lowest BCUT2D eigenvalue weighted by molar-refractivity contribution is 0.0874. The molecule has 0 saturated carbocycles. The van der Waals surface area contributed by atoms with Crippen molar-refractivity contribution in [2.24, 2.45) is 11.3 Å². The Morgan fingerprint density at radius 1 is 1.22 bits per heavy atom. The van der Waals surface area contributed by atoms with Gasteiger partial charge in [0.25, 0.3) is 0 Å². The van der Waals surface area contributed by atoms with Crippen LogP contribution in [0.5, 0.6) is 0 Å². The maximum absolute atomic E-state index is 3.59.